The molecule has 2 aromatic heterocycles. The number of amides is 1. The normalized spacial score (nSPS) is 18.9. The second kappa shape index (κ2) is 6.43. The van der Waals surface area contributed by atoms with Gasteiger partial charge in [-0.15, -0.1) is 11.3 Å². The molecule has 1 unspecified atom stereocenters. The van der Waals surface area contributed by atoms with Crippen LogP contribution in [0.25, 0.3) is 0 Å². The zero-order valence-electron chi connectivity index (χ0n) is 12.3. The monoisotopic (exact) mass is 303 g/mol. The van der Waals surface area contributed by atoms with Crippen LogP contribution in [0, 0.1) is 6.92 Å². The van der Waals surface area contributed by atoms with Crippen molar-refractivity contribution in [2.24, 2.45) is 0 Å². The SMILES string of the molecule is Cc1cn[nH]c1C1CCCCN1C(=O)CCc1cccs1. The number of aromatic nitrogens is 2. The molecule has 3 rings (SSSR count). The van der Waals surface area contributed by atoms with Crippen LogP contribution in [0.3, 0.4) is 0 Å². The summed E-state index contributed by atoms with van der Waals surface area (Å²) in [7, 11) is 0. The number of aromatic amines is 1. The molecule has 1 aliphatic rings. The number of aryl methyl sites for hydroxylation is 2. The van der Waals surface area contributed by atoms with E-state index in [-0.39, 0.29) is 11.9 Å². The lowest BCUT2D eigenvalue weighted by Gasteiger charge is -2.35. The van der Waals surface area contributed by atoms with Crippen LogP contribution in [0.4, 0.5) is 0 Å². The van der Waals surface area contributed by atoms with Gasteiger partial charge >= 0.3 is 0 Å². The number of piperidine rings is 1. The quantitative estimate of drug-likeness (QED) is 0.940. The summed E-state index contributed by atoms with van der Waals surface area (Å²) < 4.78 is 0. The van der Waals surface area contributed by atoms with Crippen molar-refractivity contribution < 1.29 is 4.79 Å². The Bertz CT molecular complexity index is 590. The number of hydrogen-bond donors (Lipinski definition) is 1. The maximum absolute atomic E-state index is 12.6. The molecular weight excluding hydrogens is 282 g/mol. The van der Waals surface area contributed by atoms with Crippen LogP contribution >= 0.6 is 11.3 Å². The number of thiophene rings is 1. The number of H-pyrrole nitrogens is 1. The number of carbonyl (C=O) groups is 1. The minimum Gasteiger partial charge on any atom is -0.334 e. The molecule has 5 heteroatoms. The van der Waals surface area contributed by atoms with Crippen molar-refractivity contribution >= 4 is 17.2 Å². The van der Waals surface area contributed by atoms with Crippen molar-refractivity contribution in [3.05, 3.63) is 39.8 Å². The Labute approximate surface area is 129 Å². The molecule has 1 N–H and O–H groups in total. The third-order valence-electron chi connectivity index (χ3n) is 4.19. The highest BCUT2D eigenvalue weighted by atomic mass is 32.1. The zero-order chi connectivity index (χ0) is 14.7. The van der Waals surface area contributed by atoms with Gasteiger partial charge in [0.15, 0.2) is 0 Å². The zero-order valence-corrected chi connectivity index (χ0v) is 13.2. The van der Waals surface area contributed by atoms with Gasteiger partial charge < -0.3 is 4.90 Å². The van der Waals surface area contributed by atoms with Gasteiger partial charge in [-0.05, 0) is 49.6 Å². The summed E-state index contributed by atoms with van der Waals surface area (Å²) in [4.78, 5) is 15.9. The van der Waals surface area contributed by atoms with Gasteiger partial charge in [0.05, 0.1) is 17.9 Å². The highest BCUT2D eigenvalue weighted by molar-refractivity contribution is 7.09. The Morgan fingerprint density at radius 1 is 1.52 bits per heavy atom. The number of hydrogen-bond acceptors (Lipinski definition) is 3. The van der Waals surface area contributed by atoms with Gasteiger partial charge in [0.25, 0.3) is 0 Å². The Morgan fingerprint density at radius 2 is 2.43 bits per heavy atom. The molecule has 0 radical (unpaired) electrons. The summed E-state index contributed by atoms with van der Waals surface area (Å²) in [6, 6.07) is 4.32. The second-order valence-electron chi connectivity index (χ2n) is 5.64. The van der Waals surface area contributed by atoms with Crippen LogP contribution in [0.2, 0.25) is 0 Å². The summed E-state index contributed by atoms with van der Waals surface area (Å²) in [6.07, 6.45) is 6.62. The second-order valence-corrected chi connectivity index (χ2v) is 6.68. The molecule has 1 fully saturated rings. The highest BCUT2D eigenvalue weighted by Crippen LogP contribution is 2.32. The van der Waals surface area contributed by atoms with Crippen LogP contribution in [0.15, 0.2) is 23.7 Å². The Kier molecular flexibility index (Phi) is 4.39. The summed E-state index contributed by atoms with van der Waals surface area (Å²) >= 11 is 1.73. The Balaban J connectivity index is 1.69. The highest BCUT2D eigenvalue weighted by Gasteiger charge is 2.29. The minimum atomic E-state index is 0.178. The van der Waals surface area contributed by atoms with E-state index in [1.807, 2.05) is 12.3 Å². The van der Waals surface area contributed by atoms with E-state index < -0.39 is 0 Å². The van der Waals surface area contributed by atoms with Crippen LogP contribution in [0.5, 0.6) is 0 Å². The molecule has 3 heterocycles. The third kappa shape index (κ3) is 3.18. The predicted molar refractivity (Wildman–Crippen MR) is 84.3 cm³/mol. The van der Waals surface area contributed by atoms with Crippen molar-refractivity contribution in [1.29, 1.82) is 0 Å². The minimum absolute atomic E-state index is 0.178. The lowest BCUT2D eigenvalue weighted by atomic mass is 9.97. The average Bonchev–Trinajstić information content (AvgIpc) is 3.16. The number of nitrogens with one attached hydrogen (secondary N) is 1. The maximum Gasteiger partial charge on any atom is 0.223 e. The van der Waals surface area contributed by atoms with Crippen molar-refractivity contribution in [2.45, 2.75) is 45.1 Å². The Hall–Kier alpha value is -1.62. The molecule has 1 atom stereocenters. The van der Waals surface area contributed by atoms with Crippen molar-refractivity contribution in [1.82, 2.24) is 15.1 Å². The number of nitrogens with zero attached hydrogens (tertiary/aromatic N) is 2. The fourth-order valence-corrected chi connectivity index (χ4v) is 3.76. The first kappa shape index (κ1) is 14.3. The van der Waals surface area contributed by atoms with E-state index >= 15 is 0 Å². The maximum atomic E-state index is 12.6. The van der Waals surface area contributed by atoms with Gasteiger partial charge in [-0.2, -0.15) is 5.10 Å². The average molecular weight is 303 g/mol. The molecule has 1 aliphatic heterocycles. The van der Waals surface area contributed by atoms with E-state index in [0.29, 0.717) is 6.42 Å². The van der Waals surface area contributed by atoms with Gasteiger partial charge in [-0.25, -0.2) is 0 Å². The van der Waals surface area contributed by atoms with Gasteiger partial charge in [0, 0.05) is 17.8 Å². The molecule has 0 saturated carbocycles. The van der Waals surface area contributed by atoms with Crippen molar-refractivity contribution in [3.8, 4) is 0 Å². The van der Waals surface area contributed by atoms with Crippen molar-refractivity contribution in [2.75, 3.05) is 6.54 Å². The lowest BCUT2D eigenvalue weighted by molar-refractivity contribution is -0.135. The number of likely N-dealkylation sites (tertiary alicyclic amines) is 1. The van der Waals surface area contributed by atoms with E-state index in [2.05, 4.69) is 33.5 Å². The topological polar surface area (TPSA) is 49.0 Å². The summed E-state index contributed by atoms with van der Waals surface area (Å²) in [5.41, 5.74) is 2.26. The molecule has 0 aliphatic carbocycles. The van der Waals surface area contributed by atoms with Crippen molar-refractivity contribution in [3.63, 3.8) is 0 Å². The molecule has 1 amide bonds. The van der Waals surface area contributed by atoms with Gasteiger partial charge in [-0.3, -0.25) is 9.89 Å². The van der Waals surface area contributed by atoms with Crippen LogP contribution in [-0.4, -0.2) is 27.5 Å². The molecule has 0 aromatic carbocycles. The van der Waals surface area contributed by atoms with Crippen LogP contribution < -0.4 is 0 Å². The molecule has 0 spiro atoms. The number of carbonyl (C=O) groups excluding carboxylic acids is 1. The first-order valence-corrected chi connectivity index (χ1v) is 8.45. The lowest BCUT2D eigenvalue weighted by Crippen LogP contribution is -2.39. The molecule has 2 aromatic rings. The molecule has 112 valence electrons. The van der Waals surface area contributed by atoms with Crippen LogP contribution in [-0.2, 0) is 11.2 Å². The number of rotatable bonds is 4. The molecule has 21 heavy (non-hydrogen) atoms. The van der Waals surface area contributed by atoms with E-state index in [9.17, 15) is 4.79 Å². The predicted octanol–water partition coefficient (Wildman–Crippen LogP) is 3.47. The van der Waals surface area contributed by atoms with Gasteiger partial charge in [0.1, 0.15) is 0 Å². The third-order valence-corrected chi connectivity index (χ3v) is 5.13. The van der Waals surface area contributed by atoms with E-state index in [0.717, 1.165) is 37.1 Å². The van der Waals surface area contributed by atoms with Gasteiger partial charge in [0.2, 0.25) is 5.91 Å². The fraction of sp³-hybridized carbons (Fsp3) is 0.500. The molecule has 0 bridgehead atoms. The first-order valence-electron chi connectivity index (χ1n) is 7.57. The largest absolute Gasteiger partial charge is 0.334 e. The van der Waals surface area contributed by atoms with Gasteiger partial charge in [-0.1, -0.05) is 6.07 Å². The molecular formula is C16H21N3OS. The summed E-state index contributed by atoms with van der Waals surface area (Å²) in [5, 5.41) is 9.27. The summed E-state index contributed by atoms with van der Waals surface area (Å²) in [5.74, 6) is 0.266. The Morgan fingerprint density at radius 3 is 3.14 bits per heavy atom. The molecule has 1 saturated heterocycles. The van der Waals surface area contributed by atoms with E-state index in [1.54, 1.807) is 11.3 Å². The van der Waals surface area contributed by atoms with E-state index in [4.69, 9.17) is 0 Å². The first-order chi connectivity index (χ1) is 10.3. The smallest absolute Gasteiger partial charge is 0.223 e. The van der Waals surface area contributed by atoms with Crippen LogP contribution in [0.1, 0.15) is 47.9 Å². The standard InChI is InChI=1S/C16H21N3OS/c1-12-11-17-18-16(12)14-6-2-3-9-19(14)15(20)8-7-13-5-4-10-21-13/h4-5,10-11,14H,2-3,6-9H2,1H3,(H,17,18). The molecule has 4 nitrogen and oxygen atoms in total. The van der Waals surface area contributed by atoms with E-state index in [1.165, 1.54) is 11.3 Å². The summed E-state index contributed by atoms with van der Waals surface area (Å²) in [6.45, 7) is 2.92. The fourth-order valence-electron chi connectivity index (χ4n) is 3.05.